The number of halogens is 1. The number of alkyl halides is 1. The van der Waals surface area contributed by atoms with E-state index in [0.717, 1.165) is 32.0 Å². The van der Waals surface area contributed by atoms with Gasteiger partial charge in [-0.1, -0.05) is 31.9 Å². The number of unbranched alkanes of at least 4 members (excludes halogenated alkanes) is 1. The van der Waals surface area contributed by atoms with Crippen molar-refractivity contribution in [3.05, 3.63) is 12.2 Å². The average molecular weight is 189 g/mol. The molecule has 0 spiro atoms. The first kappa shape index (κ1) is 11.7. The highest BCUT2D eigenvalue weighted by atomic mass is 35.5. The monoisotopic (exact) mass is 188 g/mol. The molecule has 0 saturated carbocycles. The van der Waals surface area contributed by atoms with Gasteiger partial charge in [-0.25, -0.2) is 0 Å². The summed E-state index contributed by atoms with van der Waals surface area (Å²) < 4.78 is 0. The van der Waals surface area contributed by atoms with E-state index >= 15 is 0 Å². The molecule has 0 heterocycles. The van der Waals surface area contributed by atoms with Crippen molar-refractivity contribution in [2.75, 3.05) is 5.88 Å². The smallest absolute Gasteiger partial charge is 0.123 e. The number of allylic oxidation sites excluding steroid dienone is 2. The fourth-order valence-electron chi connectivity index (χ4n) is 1.04. The molecule has 12 heavy (non-hydrogen) atoms. The summed E-state index contributed by atoms with van der Waals surface area (Å²) >= 11 is 5.46. The number of aldehydes is 1. The van der Waals surface area contributed by atoms with Crippen molar-refractivity contribution in [1.29, 1.82) is 0 Å². The van der Waals surface area contributed by atoms with Gasteiger partial charge in [0.1, 0.15) is 6.29 Å². The third-order valence-corrected chi connectivity index (χ3v) is 1.99. The predicted octanol–water partition coefficient (Wildman–Crippen LogP) is 3.18. The Hall–Kier alpha value is -0.300. The maximum Gasteiger partial charge on any atom is 0.123 e. The molecule has 0 bridgehead atoms. The molecule has 0 N–H and O–H groups in total. The Morgan fingerprint density at radius 1 is 1.42 bits per heavy atom. The highest BCUT2D eigenvalue weighted by Crippen LogP contribution is 2.10. The molecule has 0 fully saturated rings. The fourth-order valence-corrected chi connectivity index (χ4v) is 1.17. The van der Waals surface area contributed by atoms with Crippen LogP contribution in [0.2, 0.25) is 0 Å². The molecule has 0 aliphatic carbocycles. The van der Waals surface area contributed by atoms with Crippen LogP contribution in [0.25, 0.3) is 0 Å². The van der Waals surface area contributed by atoms with Gasteiger partial charge in [-0.05, 0) is 12.8 Å². The van der Waals surface area contributed by atoms with E-state index in [0.29, 0.717) is 5.88 Å². The van der Waals surface area contributed by atoms with Crippen molar-refractivity contribution in [2.45, 2.75) is 32.6 Å². The highest BCUT2D eigenvalue weighted by Gasteiger charge is 2.02. The molecule has 0 aromatic rings. The molecule has 1 unspecified atom stereocenters. The van der Waals surface area contributed by atoms with Crippen molar-refractivity contribution in [3.8, 4) is 0 Å². The summed E-state index contributed by atoms with van der Waals surface area (Å²) in [5.41, 5.74) is 0. The minimum atomic E-state index is 0.199. The van der Waals surface area contributed by atoms with Crippen LogP contribution in [0.3, 0.4) is 0 Å². The second-order valence-electron chi connectivity index (χ2n) is 2.90. The number of carbonyl (C=O) groups is 1. The lowest BCUT2D eigenvalue weighted by Crippen LogP contribution is -1.99. The first-order valence-corrected chi connectivity index (χ1v) is 5.04. The molecule has 0 aliphatic heterocycles. The number of hydrogen-bond donors (Lipinski definition) is 0. The van der Waals surface area contributed by atoms with Gasteiger partial charge in [0, 0.05) is 11.8 Å². The van der Waals surface area contributed by atoms with Crippen LogP contribution in [-0.4, -0.2) is 12.2 Å². The lowest BCUT2D eigenvalue weighted by Gasteiger charge is -2.04. The third kappa shape index (κ3) is 6.41. The summed E-state index contributed by atoms with van der Waals surface area (Å²) in [6.07, 6.45) is 9.07. The summed E-state index contributed by atoms with van der Waals surface area (Å²) in [5, 5.41) is 0. The summed E-state index contributed by atoms with van der Waals surface area (Å²) in [7, 11) is 0. The molecular formula is C10H17ClO. The van der Waals surface area contributed by atoms with E-state index in [1.807, 2.05) is 12.2 Å². The molecule has 0 saturated heterocycles. The quantitative estimate of drug-likeness (QED) is 0.341. The topological polar surface area (TPSA) is 17.1 Å². The number of carbonyl (C=O) groups excluding carboxylic acids is 1. The second-order valence-corrected chi connectivity index (χ2v) is 3.21. The summed E-state index contributed by atoms with van der Waals surface area (Å²) in [4.78, 5) is 10.5. The Morgan fingerprint density at radius 2 is 2.17 bits per heavy atom. The Labute approximate surface area is 79.8 Å². The highest BCUT2D eigenvalue weighted by molar-refractivity contribution is 6.18. The van der Waals surface area contributed by atoms with Crippen LogP contribution in [0.4, 0.5) is 0 Å². The Morgan fingerprint density at radius 3 is 2.67 bits per heavy atom. The molecule has 0 amide bonds. The lowest BCUT2D eigenvalue weighted by atomic mass is 10.0. The van der Waals surface area contributed by atoms with Gasteiger partial charge in [0.15, 0.2) is 0 Å². The van der Waals surface area contributed by atoms with Gasteiger partial charge in [-0.3, -0.25) is 0 Å². The van der Waals surface area contributed by atoms with Crippen LogP contribution >= 0.6 is 11.6 Å². The molecular weight excluding hydrogens is 172 g/mol. The van der Waals surface area contributed by atoms with Crippen LogP contribution in [0.5, 0.6) is 0 Å². The molecule has 2 heteroatoms. The second kappa shape index (κ2) is 8.79. The van der Waals surface area contributed by atoms with Crippen molar-refractivity contribution in [1.82, 2.24) is 0 Å². The fraction of sp³-hybridized carbons (Fsp3) is 0.700. The minimum Gasteiger partial charge on any atom is -0.303 e. The van der Waals surface area contributed by atoms with Gasteiger partial charge in [0.05, 0.1) is 0 Å². The molecule has 0 radical (unpaired) electrons. The van der Waals surface area contributed by atoms with E-state index in [1.54, 1.807) is 0 Å². The van der Waals surface area contributed by atoms with Crippen molar-refractivity contribution in [3.63, 3.8) is 0 Å². The van der Waals surface area contributed by atoms with Gasteiger partial charge in [-0.2, -0.15) is 0 Å². The zero-order valence-corrected chi connectivity index (χ0v) is 8.39. The summed E-state index contributed by atoms with van der Waals surface area (Å²) in [5.74, 6) is 0.740. The maximum absolute atomic E-state index is 10.5. The molecule has 0 aromatic heterocycles. The summed E-state index contributed by atoms with van der Waals surface area (Å²) in [6, 6.07) is 0. The van der Waals surface area contributed by atoms with E-state index in [1.165, 1.54) is 0 Å². The lowest BCUT2D eigenvalue weighted by molar-refractivity contribution is -0.111. The largest absolute Gasteiger partial charge is 0.303 e. The standard InChI is InChI=1S/C10H17ClO/c1-2-3-6-10(9-12)7-4-5-8-11/h4-5,9-10H,2-3,6-8H2,1H3. The zero-order valence-electron chi connectivity index (χ0n) is 7.63. The van der Waals surface area contributed by atoms with Gasteiger partial charge < -0.3 is 4.79 Å². The van der Waals surface area contributed by atoms with Crippen molar-refractivity contribution >= 4 is 17.9 Å². The van der Waals surface area contributed by atoms with Crippen molar-refractivity contribution < 1.29 is 4.79 Å². The molecule has 1 atom stereocenters. The molecule has 0 aromatic carbocycles. The number of rotatable bonds is 7. The van der Waals surface area contributed by atoms with E-state index in [4.69, 9.17) is 11.6 Å². The van der Waals surface area contributed by atoms with Crippen molar-refractivity contribution in [2.24, 2.45) is 5.92 Å². The molecule has 0 aliphatic rings. The third-order valence-electron chi connectivity index (χ3n) is 1.82. The first-order valence-electron chi connectivity index (χ1n) is 4.51. The Kier molecular flexibility index (Phi) is 8.57. The molecule has 70 valence electrons. The zero-order chi connectivity index (χ0) is 9.23. The predicted molar refractivity (Wildman–Crippen MR) is 53.6 cm³/mol. The Bertz CT molecular complexity index is 132. The first-order chi connectivity index (χ1) is 5.85. The van der Waals surface area contributed by atoms with Crippen LogP contribution < -0.4 is 0 Å². The SMILES string of the molecule is CCCCC(C=O)CC=CCCl. The minimum absolute atomic E-state index is 0.199. The van der Waals surface area contributed by atoms with E-state index in [-0.39, 0.29) is 5.92 Å². The van der Waals surface area contributed by atoms with Crippen LogP contribution in [0, 0.1) is 5.92 Å². The number of hydrogen-bond acceptors (Lipinski definition) is 1. The van der Waals surface area contributed by atoms with Crippen LogP contribution in [-0.2, 0) is 4.79 Å². The normalized spacial score (nSPS) is 13.5. The molecule has 1 nitrogen and oxygen atoms in total. The maximum atomic E-state index is 10.5. The van der Waals surface area contributed by atoms with Gasteiger partial charge in [0.25, 0.3) is 0 Å². The average Bonchev–Trinajstić information content (AvgIpc) is 2.11. The summed E-state index contributed by atoms with van der Waals surface area (Å²) in [6.45, 7) is 2.14. The van der Waals surface area contributed by atoms with Crippen LogP contribution in [0.1, 0.15) is 32.6 Å². The van der Waals surface area contributed by atoms with E-state index in [9.17, 15) is 4.79 Å². The van der Waals surface area contributed by atoms with Gasteiger partial charge >= 0.3 is 0 Å². The van der Waals surface area contributed by atoms with Gasteiger partial charge in [-0.15, -0.1) is 11.6 Å². The van der Waals surface area contributed by atoms with Crippen LogP contribution in [0.15, 0.2) is 12.2 Å². The Balaban J connectivity index is 3.52. The van der Waals surface area contributed by atoms with E-state index < -0.39 is 0 Å². The van der Waals surface area contributed by atoms with Gasteiger partial charge in [0.2, 0.25) is 0 Å². The van der Waals surface area contributed by atoms with E-state index in [2.05, 4.69) is 6.92 Å². The molecule has 0 rings (SSSR count).